The van der Waals surface area contributed by atoms with Crippen LogP contribution in [0.5, 0.6) is 0 Å². The molecule has 1 heterocycles. The van der Waals surface area contributed by atoms with Crippen molar-refractivity contribution in [2.45, 2.75) is 59.5 Å². The van der Waals surface area contributed by atoms with Gasteiger partial charge in [0.25, 0.3) is 0 Å². The maximum atomic E-state index is 12.0. The third-order valence-corrected chi connectivity index (χ3v) is 4.04. The predicted octanol–water partition coefficient (Wildman–Crippen LogP) is 3.01. The first-order valence-electron chi connectivity index (χ1n) is 7.34. The summed E-state index contributed by atoms with van der Waals surface area (Å²) in [5.41, 5.74) is 5.54. The van der Waals surface area contributed by atoms with Gasteiger partial charge in [-0.2, -0.15) is 0 Å². The molecule has 0 spiro atoms. The molecule has 4 nitrogen and oxygen atoms in total. The lowest BCUT2D eigenvalue weighted by Gasteiger charge is -2.40. The predicted molar refractivity (Wildman–Crippen MR) is 78.0 cm³/mol. The normalized spacial score (nSPS) is 18.5. The third-order valence-electron chi connectivity index (χ3n) is 4.04. The molecule has 4 heteroatoms. The lowest BCUT2D eigenvalue weighted by Crippen LogP contribution is -2.44. The fourth-order valence-electron chi connectivity index (χ4n) is 2.75. The molecule has 0 aromatic rings. The van der Waals surface area contributed by atoms with Crippen LogP contribution in [0.4, 0.5) is 4.79 Å². The van der Waals surface area contributed by atoms with Crippen molar-refractivity contribution < 1.29 is 9.53 Å². The van der Waals surface area contributed by atoms with Crippen molar-refractivity contribution in [1.82, 2.24) is 4.90 Å². The fourth-order valence-corrected chi connectivity index (χ4v) is 2.75. The maximum absolute atomic E-state index is 12.0. The molecule has 1 aliphatic heterocycles. The Morgan fingerprint density at radius 2 is 1.74 bits per heavy atom. The number of nitrogens with two attached hydrogens (primary N) is 1. The molecular weight excluding hydrogens is 240 g/mol. The Balaban J connectivity index is 2.47. The zero-order valence-electron chi connectivity index (χ0n) is 13.2. The molecule has 0 aliphatic carbocycles. The van der Waals surface area contributed by atoms with Crippen LogP contribution in [0.2, 0.25) is 0 Å². The minimum atomic E-state index is -0.410. The van der Waals surface area contributed by atoms with Crippen LogP contribution in [0.3, 0.4) is 0 Å². The first-order chi connectivity index (χ1) is 8.65. The number of nitrogens with zero attached hydrogens (tertiary/aromatic N) is 1. The van der Waals surface area contributed by atoms with E-state index in [-0.39, 0.29) is 11.5 Å². The molecule has 1 saturated heterocycles. The minimum absolute atomic E-state index is 0.178. The van der Waals surface area contributed by atoms with Gasteiger partial charge in [-0.05, 0) is 57.9 Å². The number of carbonyl (C=O) groups excluding carboxylic acids is 1. The zero-order chi connectivity index (χ0) is 14.7. The Labute approximate surface area is 117 Å². The van der Waals surface area contributed by atoms with E-state index in [9.17, 15) is 4.79 Å². The van der Waals surface area contributed by atoms with Gasteiger partial charge in [0.2, 0.25) is 0 Å². The van der Waals surface area contributed by atoms with E-state index in [2.05, 4.69) is 13.8 Å². The highest BCUT2D eigenvalue weighted by atomic mass is 16.6. The first kappa shape index (κ1) is 16.3. The lowest BCUT2D eigenvalue weighted by atomic mass is 9.72. The second-order valence-corrected chi connectivity index (χ2v) is 7.27. The molecule has 1 fully saturated rings. The fraction of sp³-hybridized carbons (Fsp3) is 0.933. The van der Waals surface area contributed by atoms with E-state index in [1.54, 1.807) is 0 Å². The first-order valence-corrected chi connectivity index (χ1v) is 7.34. The highest BCUT2D eigenvalue weighted by Gasteiger charge is 2.34. The van der Waals surface area contributed by atoms with E-state index in [1.807, 2.05) is 25.7 Å². The van der Waals surface area contributed by atoms with Crippen LogP contribution in [0.15, 0.2) is 0 Å². The maximum Gasteiger partial charge on any atom is 0.410 e. The van der Waals surface area contributed by atoms with E-state index in [4.69, 9.17) is 10.5 Å². The van der Waals surface area contributed by atoms with Crippen molar-refractivity contribution in [3.63, 3.8) is 0 Å². The van der Waals surface area contributed by atoms with Crippen molar-refractivity contribution >= 4 is 6.09 Å². The number of amides is 1. The van der Waals surface area contributed by atoms with Gasteiger partial charge in [0.05, 0.1) is 0 Å². The van der Waals surface area contributed by atoms with Crippen LogP contribution in [0.1, 0.15) is 53.9 Å². The van der Waals surface area contributed by atoms with Crippen LogP contribution in [0.25, 0.3) is 0 Å². The second-order valence-electron chi connectivity index (χ2n) is 7.27. The van der Waals surface area contributed by atoms with Gasteiger partial charge in [0.1, 0.15) is 5.60 Å². The average molecular weight is 270 g/mol. The molecule has 0 aromatic heterocycles. The molecule has 0 bridgehead atoms. The number of hydrogen-bond donors (Lipinski definition) is 1. The second kappa shape index (κ2) is 6.12. The molecule has 1 aliphatic rings. The molecule has 0 radical (unpaired) electrons. The number of ether oxygens (including phenoxy) is 1. The summed E-state index contributed by atoms with van der Waals surface area (Å²) in [5.74, 6) is 0.648. The van der Waals surface area contributed by atoms with Crippen molar-refractivity contribution in [2.75, 3.05) is 19.6 Å². The number of piperidine rings is 1. The van der Waals surface area contributed by atoms with Crippen LogP contribution < -0.4 is 5.73 Å². The molecule has 0 saturated carbocycles. The number of rotatable bonds is 3. The molecule has 1 amide bonds. The molecule has 2 N–H and O–H groups in total. The van der Waals surface area contributed by atoms with Gasteiger partial charge in [-0.15, -0.1) is 0 Å². The van der Waals surface area contributed by atoms with E-state index >= 15 is 0 Å². The summed E-state index contributed by atoms with van der Waals surface area (Å²) < 4.78 is 5.41. The van der Waals surface area contributed by atoms with Crippen molar-refractivity contribution in [3.8, 4) is 0 Å². The van der Waals surface area contributed by atoms with Gasteiger partial charge in [0, 0.05) is 13.1 Å². The molecule has 0 aromatic carbocycles. The summed E-state index contributed by atoms with van der Waals surface area (Å²) in [6.45, 7) is 12.6. The monoisotopic (exact) mass is 270 g/mol. The van der Waals surface area contributed by atoms with E-state index in [0.717, 1.165) is 38.9 Å². The smallest absolute Gasteiger partial charge is 0.410 e. The molecule has 112 valence electrons. The summed E-state index contributed by atoms with van der Waals surface area (Å²) in [4.78, 5) is 13.8. The highest BCUT2D eigenvalue weighted by molar-refractivity contribution is 5.68. The molecule has 19 heavy (non-hydrogen) atoms. The standard InChI is InChI=1S/C15H30N2O2/c1-14(2,3)19-13(18)17-10-6-12(7-11-17)15(4,5)8-9-16/h12H,6-11,16H2,1-5H3. The van der Waals surface area contributed by atoms with Crippen LogP contribution in [-0.4, -0.2) is 36.2 Å². The Bertz CT molecular complexity index is 300. The van der Waals surface area contributed by atoms with Gasteiger partial charge < -0.3 is 15.4 Å². The van der Waals surface area contributed by atoms with Gasteiger partial charge >= 0.3 is 6.09 Å². The SMILES string of the molecule is CC(C)(C)OC(=O)N1CCC(C(C)(C)CCN)CC1. The topological polar surface area (TPSA) is 55.6 Å². The number of likely N-dealkylation sites (tertiary alicyclic amines) is 1. The quantitative estimate of drug-likeness (QED) is 0.857. The van der Waals surface area contributed by atoms with Gasteiger partial charge in [0.15, 0.2) is 0 Å². The van der Waals surface area contributed by atoms with E-state index < -0.39 is 5.60 Å². The number of carbonyl (C=O) groups is 1. The highest BCUT2D eigenvalue weighted by Crippen LogP contribution is 2.37. The Kier molecular flexibility index (Phi) is 5.25. The molecular formula is C15H30N2O2. The van der Waals surface area contributed by atoms with Crippen LogP contribution in [-0.2, 0) is 4.74 Å². The average Bonchev–Trinajstić information content (AvgIpc) is 2.27. The van der Waals surface area contributed by atoms with Gasteiger partial charge in [-0.3, -0.25) is 0 Å². The molecule has 0 unspecified atom stereocenters. The van der Waals surface area contributed by atoms with Gasteiger partial charge in [-0.1, -0.05) is 13.8 Å². The van der Waals surface area contributed by atoms with Crippen molar-refractivity contribution in [2.24, 2.45) is 17.1 Å². The molecule has 0 atom stereocenters. The van der Waals surface area contributed by atoms with Crippen LogP contribution in [0, 0.1) is 11.3 Å². The number of hydrogen-bond acceptors (Lipinski definition) is 3. The van der Waals surface area contributed by atoms with Crippen LogP contribution >= 0.6 is 0 Å². The van der Waals surface area contributed by atoms with E-state index in [1.165, 1.54) is 0 Å². The van der Waals surface area contributed by atoms with Crippen molar-refractivity contribution in [3.05, 3.63) is 0 Å². The third kappa shape index (κ3) is 5.01. The summed E-state index contributed by atoms with van der Waals surface area (Å²) in [6.07, 6.45) is 2.96. The summed E-state index contributed by atoms with van der Waals surface area (Å²) >= 11 is 0. The summed E-state index contributed by atoms with van der Waals surface area (Å²) in [6, 6.07) is 0. The largest absolute Gasteiger partial charge is 0.444 e. The Morgan fingerprint density at radius 1 is 1.21 bits per heavy atom. The molecule has 1 rings (SSSR count). The summed E-state index contributed by atoms with van der Waals surface area (Å²) in [5, 5.41) is 0. The van der Waals surface area contributed by atoms with Crippen molar-refractivity contribution in [1.29, 1.82) is 0 Å². The van der Waals surface area contributed by atoms with E-state index in [0.29, 0.717) is 5.92 Å². The van der Waals surface area contributed by atoms with Gasteiger partial charge in [-0.25, -0.2) is 4.79 Å². The summed E-state index contributed by atoms with van der Waals surface area (Å²) in [7, 11) is 0. The zero-order valence-corrected chi connectivity index (χ0v) is 13.2. The Hall–Kier alpha value is -0.770. The minimum Gasteiger partial charge on any atom is -0.444 e. The lowest BCUT2D eigenvalue weighted by molar-refractivity contribution is 0.0112. The Morgan fingerprint density at radius 3 is 2.16 bits per heavy atom.